The fourth-order valence-corrected chi connectivity index (χ4v) is 1.20. The van der Waals surface area contributed by atoms with Crippen molar-refractivity contribution in [2.75, 3.05) is 5.73 Å². The van der Waals surface area contributed by atoms with Crippen molar-refractivity contribution in [1.82, 2.24) is 0 Å². The van der Waals surface area contributed by atoms with Crippen LogP contribution in [0.2, 0.25) is 0 Å². The van der Waals surface area contributed by atoms with E-state index in [2.05, 4.69) is 0 Å². The van der Waals surface area contributed by atoms with E-state index in [4.69, 9.17) is 15.9 Å². The van der Waals surface area contributed by atoms with E-state index in [-0.39, 0.29) is 17.7 Å². The zero-order valence-electron chi connectivity index (χ0n) is 7.93. The van der Waals surface area contributed by atoms with Crippen LogP contribution in [-0.4, -0.2) is 22.2 Å². The molecule has 0 fully saturated rings. The number of nitrogens with two attached hydrogens (primary N) is 1. The fourth-order valence-electron chi connectivity index (χ4n) is 1.20. The van der Waals surface area contributed by atoms with Crippen molar-refractivity contribution in [2.24, 2.45) is 0 Å². The van der Waals surface area contributed by atoms with E-state index in [1.807, 2.05) is 0 Å². The van der Waals surface area contributed by atoms with E-state index >= 15 is 0 Å². The third-order valence-electron chi connectivity index (χ3n) is 1.98. The molecule has 0 atom stereocenters. The predicted octanol–water partition coefficient (Wildman–Crippen LogP) is 0.984. The molecule has 0 aliphatic rings. The fraction of sp³-hybridized carbons (Fsp3) is 0.200. The number of hydrogen-bond donors (Lipinski definition) is 3. The second kappa shape index (κ2) is 4.45. The summed E-state index contributed by atoms with van der Waals surface area (Å²) in [4.78, 5) is 21.0. The summed E-state index contributed by atoms with van der Waals surface area (Å²) >= 11 is 0. The highest BCUT2D eigenvalue weighted by Gasteiger charge is 2.09. The smallest absolute Gasteiger partial charge is 0.337 e. The lowest BCUT2D eigenvalue weighted by Crippen LogP contribution is -2.04. The molecule has 0 aliphatic heterocycles. The summed E-state index contributed by atoms with van der Waals surface area (Å²) < 4.78 is 0. The van der Waals surface area contributed by atoms with E-state index < -0.39 is 11.9 Å². The quantitative estimate of drug-likeness (QED) is 0.642. The van der Waals surface area contributed by atoms with Gasteiger partial charge in [-0.2, -0.15) is 0 Å². The van der Waals surface area contributed by atoms with Gasteiger partial charge in [0.1, 0.15) is 0 Å². The number of hydrogen-bond acceptors (Lipinski definition) is 3. The molecule has 0 aromatic heterocycles. The Morgan fingerprint density at radius 2 is 1.93 bits per heavy atom. The highest BCUT2D eigenvalue weighted by molar-refractivity contribution is 5.93. The molecule has 15 heavy (non-hydrogen) atoms. The molecule has 0 amide bonds. The number of carboxylic acids is 2. The molecule has 0 saturated heterocycles. The van der Waals surface area contributed by atoms with Crippen LogP contribution < -0.4 is 5.73 Å². The van der Waals surface area contributed by atoms with Gasteiger partial charge in [-0.25, -0.2) is 4.79 Å². The lowest BCUT2D eigenvalue weighted by Gasteiger charge is -2.03. The monoisotopic (exact) mass is 209 g/mol. The molecule has 0 saturated carbocycles. The predicted molar refractivity (Wildman–Crippen MR) is 53.8 cm³/mol. The second-order valence-corrected chi connectivity index (χ2v) is 3.12. The Balaban J connectivity index is 2.87. The first-order valence-corrected chi connectivity index (χ1v) is 4.34. The largest absolute Gasteiger partial charge is 0.481 e. The summed E-state index contributed by atoms with van der Waals surface area (Å²) in [5, 5.41) is 17.2. The number of anilines is 1. The summed E-state index contributed by atoms with van der Waals surface area (Å²) in [6, 6.07) is 4.51. The molecule has 1 aromatic rings. The van der Waals surface area contributed by atoms with Crippen LogP contribution in [-0.2, 0) is 11.2 Å². The van der Waals surface area contributed by atoms with E-state index in [9.17, 15) is 9.59 Å². The van der Waals surface area contributed by atoms with Crippen LogP contribution in [0.5, 0.6) is 0 Å². The Kier molecular flexibility index (Phi) is 3.28. The van der Waals surface area contributed by atoms with Crippen LogP contribution in [0.25, 0.3) is 0 Å². The first-order valence-electron chi connectivity index (χ1n) is 4.34. The van der Waals surface area contributed by atoms with E-state index in [0.29, 0.717) is 12.0 Å². The molecule has 1 rings (SSSR count). The number of carboxylic acid groups (broad SMARTS) is 2. The Labute approximate surface area is 86.1 Å². The van der Waals surface area contributed by atoms with Crippen molar-refractivity contribution in [1.29, 1.82) is 0 Å². The van der Waals surface area contributed by atoms with Gasteiger partial charge in [0.15, 0.2) is 0 Å². The molecule has 0 heterocycles. The third kappa shape index (κ3) is 2.98. The van der Waals surface area contributed by atoms with Crippen LogP contribution in [0.4, 0.5) is 5.69 Å². The van der Waals surface area contributed by atoms with Crippen LogP contribution in [0, 0.1) is 0 Å². The molecule has 1 aromatic carbocycles. The molecule has 0 spiro atoms. The average molecular weight is 209 g/mol. The number of nitrogen functional groups attached to an aromatic ring is 1. The molecule has 80 valence electrons. The molecule has 5 nitrogen and oxygen atoms in total. The molecule has 0 unspecified atom stereocenters. The molecule has 0 bridgehead atoms. The number of aliphatic carboxylic acids is 1. The standard InChI is InChI=1S/C10H11NO4/c11-8-3-1-6(2-4-9(12)13)5-7(8)10(14)15/h1,3,5H,2,4,11H2,(H,12,13)(H,14,15). The van der Waals surface area contributed by atoms with Gasteiger partial charge < -0.3 is 15.9 Å². The molecule has 0 radical (unpaired) electrons. The van der Waals surface area contributed by atoms with E-state index in [1.54, 1.807) is 6.07 Å². The van der Waals surface area contributed by atoms with Crippen molar-refractivity contribution in [2.45, 2.75) is 12.8 Å². The van der Waals surface area contributed by atoms with Gasteiger partial charge in [0.2, 0.25) is 0 Å². The topological polar surface area (TPSA) is 101 Å². The van der Waals surface area contributed by atoms with Gasteiger partial charge in [0, 0.05) is 12.1 Å². The highest BCUT2D eigenvalue weighted by Crippen LogP contribution is 2.15. The number of benzene rings is 1. The lowest BCUT2D eigenvalue weighted by atomic mass is 10.0. The maximum absolute atomic E-state index is 10.7. The van der Waals surface area contributed by atoms with Gasteiger partial charge in [-0.1, -0.05) is 6.07 Å². The average Bonchev–Trinajstić information content (AvgIpc) is 2.16. The molecule has 0 aliphatic carbocycles. The molecule has 5 heteroatoms. The summed E-state index contributed by atoms with van der Waals surface area (Å²) in [5.41, 5.74) is 6.30. The zero-order chi connectivity index (χ0) is 11.4. The van der Waals surface area contributed by atoms with E-state index in [0.717, 1.165) is 0 Å². The lowest BCUT2D eigenvalue weighted by molar-refractivity contribution is -0.136. The molecular formula is C10H11NO4. The first-order chi connectivity index (χ1) is 7.00. The van der Waals surface area contributed by atoms with Crippen LogP contribution in [0.3, 0.4) is 0 Å². The number of rotatable bonds is 4. The van der Waals surface area contributed by atoms with Gasteiger partial charge in [-0.05, 0) is 24.1 Å². The first kappa shape index (κ1) is 11.0. The number of carbonyl (C=O) groups is 2. The van der Waals surface area contributed by atoms with Crippen molar-refractivity contribution in [3.63, 3.8) is 0 Å². The Bertz CT molecular complexity index is 400. The van der Waals surface area contributed by atoms with Crippen molar-refractivity contribution in [3.8, 4) is 0 Å². The van der Waals surface area contributed by atoms with Gasteiger partial charge in [0.05, 0.1) is 5.56 Å². The summed E-state index contributed by atoms with van der Waals surface area (Å²) in [6.07, 6.45) is 0.277. The summed E-state index contributed by atoms with van der Waals surface area (Å²) in [6.45, 7) is 0. The van der Waals surface area contributed by atoms with Gasteiger partial charge in [0.25, 0.3) is 0 Å². The van der Waals surface area contributed by atoms with Gasteiger partial charge in [-0.3, -0.25) is 4.79 Å². The van der Waals surface area contributed by atoms with E-state index in [1.165, 1.54) is 12.1 Å². The zero-order valence-corrected chi connectivity index (χ0v) is 7.93. The summed E-state index contributed by atoms with van der Waals surface area (Å²) in [5.74, 6) is -2.02. The van der Waals surface area contributed by atoms with Crippen molar-refractivity contribution in [3.05, 3.63) is 29.3 Å². The highest BCUT2D eigenvalue weighted by atomic mass is 16.4. The minimum atomic E-state index is -1.11. The minimum Gasteiger partial charge on any atom is -0.481 e. The third-order valence-corrected chi connectivity index (χ3v) is 1.98. The minimum absolute atomic E-state index is 0.0119. The van der Waals surface area contributed by atoms with Crippen LogP contribution >= 0.6 is 0 Å². The second-order valence-electron chi connectivity index (χ2n) is 3.12. The molecular weight excluding hydrogens is 198 g/mol. The van der Waals surface area contributed by atoms with Gasteiger partial charge in [-0.15, -0.1) is 0 Å². The van der Waals surface area contributed by atoms with Gasteiger partial charge >= 0.3 is 11.9 Å². The number of aryl methyl sites for hydroxylation is 1. The molecule has 4 N–H and O–H groups in total. The normalized spacial score (nSPS) is 9.87. The van der Waals surface area contributed by atoms with Crippen LogP contribution in [0.1, 0.15) is 22.3 Å². The van der Waals surface area contributed by atoms with Crippen molar-refractivity contribution >= 4 is 17.6 Å². The Morgan fingerprint density at radius 3 is 2.47 bits per heavy atom. The van der Waals surface area contributed by atoms with Crippen molar-refractivity contribution < 1.29 is 19.8 Å². The summed E-state index contributed by atoms with van der Waals surface area (Å²) in [7, 11) is 0. The maximum Gasteiger partial charge on any atom is 0.337 e. The SMILES string of the molecule is Nc1ccc(CCC(=O)O)cc1C(=O)O. The maximum atomic E-state index is 10.7. The number of aromatic carboxylic acids is 1. The van der Waals surface area contributed by atoms with Crippen LogP contribution in [0.15, 0.2) is 18.2 Å². The Hall–Kier alpha value is -2.04. The Morgan fingerprint density at radius 1 is 1.27 bits per heavy atom.